The Morgan fingerprint density at radius 2 is 1.66 bits per heavy atom. The van der Waals surface area contributed by atoms with E-state index in [1.807, 2.05) is 18.2 Å². The van der Waals surface area contributed by atoms with Crippen LogP contribution in [0.15, 0.2) is 49.5 Å². The molecule has 0 spiro atoms. The average molecular weight is 752 g/mol. The first-order valence-electron chi connectivity index (χ1n) is 10.2. The number of hydrogen-bond acceptors (Lipinski definition) is 3. The molecule has 168 valence electrons. The molecular formula is C24H24Br2INO2SeSi. The Hall–Kier alpha value is -0.254. The van der Waals surface area contributed by atoms with Gasteiger partial charge in [0, 0.05) is 0 Å². The summed E-state index contributed by atoms with van der Waals surface area (Å²) < 4.78 is 4.44. The minimum atomic E-state index is -2.71. The van der Waals surface area contributed by atoms with E-state index < -0.39 is 8.07 Å². The molecule has 2 aliphatic rings. The topological polar surface area (TPSA) is 49.7 Å². The molecule has 8 heteroatoms. The molecule has 3 nitrogen and oxygen atoms in total. The Morgan fingerprint density at radius 3 is 2.19 bits per heavy atom. The molecule has 1 aliphatic carbocycles. The van der Waals surface area contributed by atoms with Crippen LogP contribution in [0, 0.1) is 2.44 Å². The third-order valence-corrected chi connectivity index (χ3v) is 21.2. The van der Waals surface area contributed by atoms with E-state index in [0.29, 0.717) is 0 Å². The maximum absolute atomic E-state index is 12.6. The van der Waals surface area contributed by atoms with Crippen molar-refractivity contribution in [1.29, 1.82) is 0 Å². The van der Waals surface area contributed by atoms with Crippen LogP contribution in [0.5, 0.6) is 5.75 Å². The number of aromatic hydroxyl groups is 1. The third-order valence-electron chi connectivity index (χ3n) is 6.38. The monoisotopic (exact) mass is 751 g/mol. The van der Waals surface area contributed by atoms with Crippen LogP contribution in [0.4, 0.5) is 5.69 Å². The number of hydrogen-bond donors (Lipinski definition) is 1. The van der Waals surface area contributed by atoms with Crippen molar-refractivity contribution in [3.8, 4) is 15.8 Å². The molecule has 1 aliphatic heterocycles. The minimum absolute atomic E-state index is 0.0129. The van der Waals surface area contributed by atoms with Crippen molar-refractivity contribution in [2.75, 3.05) is 0 Å². The molecule has 1 aromatic heterocycles. The van der Waals surface area contributed by atoms with Gasteiger partial charge in [-0.05, 0) is 0 Å². The fourth-order valence-electron chi connectivity index (χ4n) is 5.67. The van der Waals surface area contributed by atoms with Gasteiger partial charge in [0.15, 0.2) is 0 Å². The number of rotatable bonds is 1. The van der Waals surface area contributed by atoms with Crippen molar-refractivity contribution in [2.24, 2.45) is 4.99 Å². The first-order chi connectivity index (χ1) is 14.7. The van der Waals surface area contributed by atoms with E-state index in [-0.39, 0.29) is 36.1 Å². The zero-order valence-electron chi connectivity index (χ0n) is 18.7. The molecule has 1 aromatic carbocycles. The van der Waals surface area contributed by atoms with Crippen LogP contribution in [-0.2, 0) is 4.79 Å². The van der Waals surface area contributed by atoms with Gasteiger partial charge in [-0.2, -0.15) is 0 Å². The Labute approximate surface area is 226 Å². The van der Waals surface area contributed by atoms with Crippen molar-refractivity contribution in [1.82, 2.24) is 0 Å². The van der Waals surface area contributed by atoms with Gasteiger partial charge in [-0.1, -0.05) is 0 Å². The van der Waals surface area contributed by atoms with Crippen LogP contribution < -0.4 is 5.19 Å². The number of ketones is 1. The molecule has 0 radical (unpaired) electrons. The molecule has 2 heterocycles. The maximum atomic E-state index is 12.6. The number of fused-ring (bicyclic) bond motifs is 2. The fraction of sp³-hybridized carbons (Fsp3) is 0.333. The summed E-state index contributed by atoms with van der Waals surface area (Å²) in [6.07, 6.45) is 5.31. The van der Waals surface area contributed by atoms with Crippen LogP contribution in [0.3, 0.4) is 0 Å². The number of benzene rings is 1. The molecule has 0 fully saturated rings. The molecular weight excluding hydrogens is 728 g/mol. The van der Waals surface area contributed by atoms with Gasteiger partial charge in [-0.25, -0.2) is 0 Å². The van der Waals surface area contributed by atoms with Crippen LogP contribution in [0.2, 0.25) is 10.1 Å². The summed E-state index contributed by atoms with van der Waals surface area (Å²) in [5.74, 6) is 0.296. The molecule has 4 rings (SSSR count). The predicted octanol–water partition coefficient (Wildman–Crippen LogP) is 7.19. The number of nitrogens with zero attached hydrogens (tertiary/aromatic N) is 1. The standard InChI is InChI=1S/C24H24Br2INO2SeSi/c1-23(2,3)32(24(4,5)6)16-11-12(29)7-8-13(16)28-14-9-10-15(30)17(21(14)32)20-18(25)19(26)22(27)31-20/h7-11,30H,1-6H3. The van der Waals surface area contributed by atoms with Gasteiger partial charge < -0.3 is 0 Å². The Morgan fingerprint density at radius 1 is 1.03 bits per heavy atom. The summed E-state index contributed by atoms with van der Waals surface area (Å²) >= 11 is 9.96. The molecule has 0 bridgehead atoms. The van der Waals surface area contributed by atoms with Crippen molar-refractivity contribution < 1.29 is 9.90 Å². The number of carbonyl (C=O) groups is 1. The van der Waals surface area contributed by atoms with Gasteiger partial charge in [-0.3, -0.25) is 0 Å². The average Bonchev–Trinajstić information content (AvgIpc) is 2.91. The van der Waals surface area contributed by atoms with Crippen molar-refractivity contribution in [3.05, 3.63) is 46.9 Å². The molecule has 1 N–H and O–H groups in total. The van der Waals surface area contributed by atoms with Gasteiger partial charge in [0.2, 0.25) is 0 Å². The van der Waals surface area contributed by atoms with Gasteiger partial charge >= 0.3 is 229 Å². The van der Waals surface area contributed by atoms with E-state index in [1.54, 1.807) is 12.1 Å². The second-order valence-electron chi connectivity index (χ2n) is 10.2. The van der Waals surface area contributed by atoms with Crippen LogP contribution in [0.25, 0.3) is 10.0 Å². The van der Waals surface area contributed by atoms with Gasteiger partial charge in [-0.15, -0.1) is 0 Å². The Kier molecular flexibility index (Phi) is 6.34. The molecule has 0 saturated carbocycles. The van der Waals surface area contributed by atoms with E-state index in [4.69, 9.17) is 4.99 Å². The normalized spacial score (nSPS) is 17.6. The van der Waals surface area contributed by atoms with Gasteiger partial charge in [0.25, 0.3) is 0 Å². The number of carbonyl (C=O) groups excluding carboxylic acids is 1. The van der Waals surface area contributed by atoms with E-state index in [9.17, 15) is 9.90 Å². The summed E-state index contributed by atoms with van der Waals surface area (Å²) in [6, 6.07) is 3.73. The van der Waals surface area contributed by atoms with E-state index in [1.165, 1.54) is 2.44 Å². The Balaban J connectivity index is 2.28. The van der Waals surface area contributed by atoms with Crippen LogP contribution in [-0.4, -0.2) is 39.2 Å². The molecule has 0 atom stereocenters. The van der Waals surface area contributed by atoms with Gasteiger partial charge in [0.05, 0.1) is 0 Å². The number of phenolic OH excluding ortho intramolecular Hbond substituents is 1. The number of halogens is 3. The second-order valence-corrected chi connectivity index (χ2v) is 22.2. The molecule has 0 saturated heterocycles. The summed E-state index contributed by atoms with van der Waals surface area (Å²) in [5, 5.41) is 13.3. The molecule has 0 amide bonds. The van der Waals surface area contributed by atoms with E-state index in [2.05, 4.69) is 96.0 Å². The molecule has 0 unspecified atom stereocenters. The zero-order valence-corrected chi connectivity index (χ0v) is 26.8. The summed E-state index contributed by atoms with van der Waals surface area (Å²) in [6.45, 7) is 13.7. The second kappa shape index (κ2) is 8.16. The van der Waals surface area contributed by atoms with E-state index >= 15 is 0 Å². The number of phenols is 1. The zero-order chi connectivity index (χ0) is 23.8. The quantitative estimate of drug-likeness (QED) is 0.191. The predicted molar refractivity (Wildman–Crippen MR) is 153 cm³/mol. The van der Waals surface area contributed by atoms with Crippen molar-refractivity contribution in [2.45, 2.75) is 51.6 Å². The number of allylic oxidation sites excluding steroid dienone is 4. The summed E-state index contributed by atoms with van der Waals surface area (Å²) in [4.78, 5) is 17.7. The van der Waals surface area contributed by atoms with Crippen LogP contribution >= 0.6 is 54.5 Å². The van der Waals surface area contributed by atoms with E-state index in [0.717, 1.165) is 40.7 Å². The summed E-state index contributed by atoms with van der Waals surface area (Å²) in [5.41, 5.74) is 2.71. The molecule has 32 heavy (non-hydrogen) atoms. The summed E-state index contributed by atoms with van der Waals surface area (Å²) in [7, 11) is -2.71. The molecule has 2 aromatic rings. The SMILES string of the molecule is CC(C)(C)[Si]1(C(C)(C)C)C2=CC(=O)C=CC2=Nc2ccc(O)c(-c3[se]c(I)c(Br)c3Br)c21. The fourth-order valence-corrected chi connectivity index (χ4v) is 19.2. The number of aliphatic imine (C=N–C) groups is 1. The Bertz CT molecular complexity index is 1250. The first-order valence-corrected chi connectivity index (χ1v) is 16.6. The van der Waals surface area contributed by atoms with Crippen LogP contribution in [0.1, 0.15) is 41.5 Å². The van der Waals surface area contributed by atoms with Crippen molar-refractivity contribution in [3.63, 3.8) is 0 Å². The van der Waals surface area contributed by atoms with Crippen molar-refractivity contribution >= 4 is 99.4 Å². The van der Waals surface area contributed by atoms with Gasteiger partial charge in [0.1, 0.15) is 0 Å². The third kappa shape index (κ3) is 3.50. The first kappa shape index (κ1) is 24.9.